The molecule has 0 fully saturated rings. The van der Waals surface area contributed by atoms with Gasteiger partial charge in [-0.25, -0.2) is 0 Å². The highest BCUT2D eigenvalue weighted by molar-refractivity contribution is 5.89. The number of carbonyl (C=O) groups excluding carboxylic acids is 1. The lowest BCUT2D eigenvalue weighted by atomic mass is 10.2. The van der Waals surface area contributed by atoms with E-state index >= 15 is 0 Å². The molecule has 5 N–H and O–H groups in total. The fourth-order valence-corrected chi connectivity index (χ4v) is 1.19. The first-order valence-electron chi connectivity index (χ1n) is 5.18. The number of nitrogens with two attached hydrogens (primary N) is 2. The molecule has 0 aromatic carbocycles. The van der Waals surface area contributed by atoms with E-state index in [1.54, 1.807) is 0 Å². The van der Waals surface area contributed by atoms with Gasteiger partial charge in [-0.1, -0.05) is 19.8 Å². The standard InChI is InChI=1S/C9H16N6O/c1-2-3-4-5-6(16)12-9-14-7(10)13-8(11)15-9/h2-5H2,1H3,(H5,10,11,12,13,14,15,16). The van der Waals surface area contributed by atoms with Crippen molar-refractivity contribution in [2.75, 3.05) is 16.8 Å². The van der Waals surface area contributed by atoms with Crippen LogP contribution in [0, 0.1) is 0 Å². The van der Waals surface area contributed by atoms with Crippen molar-refractivity contribution in [3.63, 3.8) is 0 Å². The third kappa shape index (κ3) is 4.07. The molecular formula is C9H16N6O. The van der Waals surface area contributed by atoms with Crippen molar-refractivity contribution in [2.45, 2.75) is 32.6 Å². The zero-order chi connectivity index (χ0) is 12.0. The smallest absolute Gasteiger partial charge is 0.236 e. The molecule has 0 atom stereocenters. The Kier molecular flexibility index (Phi) is 4.43. The maximum absolute atomic E-state index is 11.4. The number of anilines is 3. The minimum absolute atomic E-state index is 0.00337. The van der Waals surface area contributed by atoms with Gasteiger partial charge in [0.15, 0.2) is 0 Å². The normalized spacial score (nSPS) is 10.1. The highest BCUT2D eigenvalue weighted by Crippen LogP contribution is 2.05. The summed E-state index contributed by atoms with van der Waals surface area (Å²) in [4.78, 5) is 22.5. The van der Waals surface area contributed by atoms with Crippen LogP contribution in [0.3, 0.4) is 0 Å². The molecular weight excluding hydrogens is 208 g/mol. The van der Waals surface area contributed by atoms with E-state index in [1.807, 2.05) is 0 Å². The number of nitrogens with zero attached hydrogens (tertiary/aromatic N) is 3. The summed E-state index contributed by atoms with van der Waals surface area (Å²) in [6.07, 6.45) is 3.38. The van der Waals surface area contributed by atoms with Gasteiger partial charge in [0, 0.05) is 6.42 Å². The van der Waals surface area contributed by atoms with Gasteiger partial charge in [-0.2, -0.15) is 15.0 Å². The van der Waals surface area contributed by atoms with E-state index in [-0.39, 0.29) is 23.8 Å². The number of rotatable bonds is 5. The minimum atomic E-state index is -0.140. The zero-order valence-corrected chi connectivity index (χ0v) is 9.23. The number of unbranched alkanes of at least 4 members (excludes halogenated alkanes) is 2. The van der Waals surface area contributed by atoms with Crippen molar-refractivity contribution >= 4 is 23.8 Å². The Bertz CT molecular complexity index is 347. The quantitative estimate of drug-likeness (QED) is 0.628. The van der Waals surface area contributed by atoms with Crippen LogP contribution in [0.15, 0.2) is 0 Å². The molecule has 1 aromatic heterocycles. The van der Waals surface area contributed by atoms with Gasteiger partial charge in [-0.05, 0) is 6.42 Å². The van der Waals surface area contributed by atoms with E-state index in [2.05, 4.69) is 27.2 Å². The first-order valence-corrected chi connectivity index (χ1v) is 5.18. The third-order valence-corrected chi connectivity index (χ3v) is 1.93. The summed E-state index contributed by atoms with van der Waals surface area (Å²) in [7, 11) is 0. The summed E-state index contributed by atoms with van der Waals surface area (Å²) in [5, 5.41) is 2.52. The molecule has 1 heterocycles. The molecule has 1 aromatic rings. The van der Waals surface area contributed by atoms with Gasteiger partial charge < -0.3 is 11.5 Å². The van der Waals surface area contributed by atoms with Gasteiger partial charge in [0.2, 0.25) is 23.8 Å². The van der Waals surface area contributed by atoms with E-state index in [0.29, 0.717) is 6.42 Å². The fourth-order valence-electron chi connectivity index (χ4n) is 1.19. The molecule has 7 nitrogen and oxygen atoms in total. The number of carbonyl (C=O) groups is 1. The van der Waals surface area contributed by atoms with E-state index in [1.165, 1.54) is 0 Å². The van der Waals surface area contributed by atoms with Crippen LogP contribution < -0.4 is 16.8 Å². The predicted molar refractivity (Wildman–Crippen MR) is 61.4 cm³/mol. The zero-order valence-electron chi connectivity index (χ0n) is 9.23. The van der Waals surface area contributed by atoms with Crippen molar-refractivity contribution in [3.05, 3.63) is 0 Å². The highest BCUT2D eigenvalue weighted by atomic mass is 16.1. The number of nitrogens with one attached hydrogen (secondary N) is 1. The SMILES string of the molecule is CCCCCC(=O)Nc1nc(N)nc(N)n1. The lowest BCUT2D eigenvalue weighted by molar-refractivity contribution is -0.116. The molecule has 0 spiro atoms. The molecule has 0 unspecified atom stereocenters. The number of nitrogen functional groups attached to an aromatic ring is 2. The molecule has 0 aliphatic carbocycles. The Labute approximate surface area is 93.7 Å². The summed E-state index contributed by atoms with van der Waals surface area (Å²) in [5.74, 6) is -0.0438. The Hall–Kier alpha value is -1.92. The highest BCUT2D eigenvalue weighted by Gasteiger charge is 2.06. The molecule has 0 aliphatic heterocycles. The predicted octanol–water partition coefficient (Wildman–Crippen LogP) is 0.555. The number of amides is 1. The molecule has 0 saturated carbocycles. The van der Waals surface area contributed by atoms with E-state index in [0.717, 1.165) is 19.3 Å². The van der Waals surface area contributed by atoms with Crippen molar-refractivity contribution in [2.24, 2.45) is 0 Å². The summed E-state index contributed by atoms with van der Waals surface area (Å²) in [6.45, 7) is 2.07. The molecule has 0 saturated heterocycles. The molecule has 0 bridgehead atoms. The lowest BCUT2D eigenvalue weighted by Crippen LogP contribution is -2.15. The van der Waals surface area contributed by atoms with Gasteiger partial charge in [-0.15, -0.1) is 0 Å². The van der Waals surface area contributed by atoms with Crippen molar-refractivity contribution < 1.29 is 4.79 Å². The lowest BCUT2D eigenvalue weighted by Gasteiger charge is -2.04. The molecule has 16 heavy (non-hydrogen) atoms. The third-order valence-electron chi connectivity index (χ3n) is 1.93. The summed E-state index contributed by atoms with van der Waals surface area (Å²) in [5.41, 5.74) is 10.7. The van der Waals surface area contributed by atoms with Gasteiger partial charge in [0.1, 0.15) is 0 Å². The minimum Gasteiger partial charge on any atom is -0.368 e. The average Bonchev–Trinajstić information content (AvgIpc) is 2.16. The topological polar surface area (TPSA) is 120 Å². The van der Waals surface area contributed by atoms with Crippen molar-refractivity contribution in [3.8, 4) is 0 Å². The van der Waals surface area contributed by atoms with Crippen LogP contribution in [0.5, 0.6) is 0 Å². The second kappa shape index (κ2) is 5.84. The molecule has 7 heteroatoms. The summed E-state index contributed by atoms with van der Waals surface area (Å²) in [6, 6.07) is 0. The summed E-state index contributed by atoms with van der Waals surface area (Å²) >= 11 is 0. The summed E-state index contributed by atoms with van der Waals surface area (Å²) < 4.78 is 0. The van der Waals surface area contributed by atoms with Crippen LogP contribution in [-0.2, 0) is 4.79 Å². The van der Waals surface area contributed by atoms with Gasteiger partial charge in [-0.3, -0.25) is 10.1 Å². The van der Waals surface area contributed by atoms with Crippen LogP contribution in [-0.4, -0.2) is 20.9 Å². The van der Waals surface area contributed by atoms with Gasteiger partial charge in [0.25, 0.3) is 0 Å². The maximum atomic E-state index is 11.4. The Morgan fingerprint density at radius 3 is 2.38 bits per heavy atom. The Balaban J connectivity index is 2.49. The first kappa shape index (κ1) is 12.2. The van der Waals surface area contributed by atoms with E-state index in [9.17, 15) is 4.79 Å². The van der Waals surface area contributed by atoms with Gasteiger partial charge >= 0.3 is 0 Å². The second-order valence-electron chi connectivity index (χ2n) is 3.38. The van der Waals surface area contributed by atoms with Gasteiger partial charge in [0.05, 0.1) is 0 Å². The number of aromatic nitrogens is 3. The molecule has 0 aliphatic rings. The van der Waals surface area contributed by atoms with Crippen molar-refractivity contribution in [1.82, 2.24) is 15.0 Å². The first-order chi connectivity index (χ1) is 7.61. The van der Waals surface area contributed by atoms with Crippen LogP contribution >= 0.6 is 0 Å². The average molecular weight is 224 g/mol. The van der Waals surface area contributed by atoms with E-state index < -0.39 is 0 Å². The molecule has 88 valence electrons. The number of hydrogen-bond acceptors (Lipinski definition) is 6. The Morgan fingerprint density at radius 2 is 1.81 bits per heavy atom. The van der Waals surface area contributed by atoms with Crippen LogP contribution in [0.2, 0.25) is 0 Å². The van der Waals surface area contributed by atoms with Crippen LogP contribution in [0.25, 0.3) is 0 Å². The number of hydrogen-bond donors (Lipinski definition) is 3. The molecule has 1 rings (SSSR count). The maximum Gasteiger partial charge on any atom is 0.236 e. The largest absolute Gasteiger partial charge is 0.368 e. The van der Waals surface area contributed by atoms with E-state index in [4.69, 9.17) is 11.5 Å². The Morgan fingerprint density at radius 1 is 1.19 bits per heavy atom. The fraction of sp³-hybridized carbons (Fsp3) is 0.556. The monoisotopic (exact) mass is 224 g/mol. The van der Waals surface area contributed by atoms with Crippen LogP contribution in [0.1, 0.15) is 32.6 Å². The van der Waals surface area contributed by atoms with Crippen LogP contribution in [0.4, 0.5) is 17.8 Å². The van der Waals surface area contributed by atoms with Crippen molar-refractivity contribution in [1.29, 1.82) is 0 Å². The second-order valence-corrected chi connectivity index (χ2v) is 3.38. The molecule has 1 amide bonds. The molecule has 0 radical (unpaired) electrons.